The molecule has 0 fully saturated rings. The van der Waals surface area contributed by atoms with Crippen molar-refractivity contribution in [1.82, 2.24) is 0 Å². The highest BCUT2D eigenvalue weighted by Crippen LogP contribution is 2.22. The maximum absolute atomic E-state index is 11.9. The Morgan fingerprint density at radius 3 is 2.29 bits per heavy atom. The molecule has 0 spiro atoms. The van der Waals surface area contributed by atoms with Gasteiger partial charge in [0.05, 0.1) is 0 Å². The number of carbonyl (C=O) groups excluding carboxylic acids is 1. The first-order valence-electron chi connectivity index (χ1n) is 4.99. The predicted molar refractivity (Wildman–Crippen MR) is 59.6 cm³/mol. The van der Waals surface area contributed by atoms with Crippen molar-refractivity contribution in [3.05, 3.63) is 35.4 Å². The third-order valence-corrected chi connectivity index (χ3v) is 2.14. The summed E-state index contributed by atoms with van der Waals surface area (Å²) >= 11 is 0. The van der Waals surface area contributed by atoms with Crippen molar-refractivity contribution in [3.8, 4) is 0 Å². The summed E-state index contributed by atoms with van der Waals surface area (Å²) in [5.41, 5.74) is 2.00. The van der Waals surface area contributed by atoms with Crippen LogP contribution in [0.3, 0.4) is 0 Å². The molecule has 0 amide bonds. The third kappa shape index (κ3) is 2.99. The van der Waals surface area contributed by atoms with Crippen LogP contribution in [-0.2, 0) is 0 Å². The number of ketones is 1. The number of Topliss-reactive ketones (excluding diaryl/α,β-unsaturated/α-hetero) is 1. The van der Waals surface area contributed by atoms with E-state index in [1.807, 2.05) is 31.2 Å². The quantitative estimate of drug-likeness (QED) is 0.651. The number of rotatable bonds is 2. The molecule has 76 valence electrons. The van der Waals surface area contributed by atoms with E-state index in [9.17, 15) is 4.79 Å². The first-order chi connectivity index (χ1) is 6.40. The maximum Gasteiger partial charge on any atom is 0.163 e. The van der Waals surface area contributed by atoms with Gasteiger partial charge in [0.1, 0.15) is 0 Å². The molecule has 0 aliphatic heterocycles. The van der Waals surface area contributed by atoms with Gasteiger partial charge in [0, 0.05) is 12.0 Å². The molecule has 1 rings (SSSR count). The van der Waals surface area contributed by atoms with Crippen molar-refractivity contribution >= 4 is 5.78 Å². The van der Waals surface area contributed by atoms with Crippen LogP contribution in [0.5, 0.6) is 0 Å². The van der Waals surface area contributed by atoms with Crippen molar-refractivity contribution in [2.24, 2.45) is 5.41 Å². The molecule has 0 aliphatic carbocycles. The Morgan fingerprint density at radius 1 is 1.21 bits per heavy atom. The lowest BCUT2D eigenvalue weighted by atomic mass is 9.87. The second-order valence-electron chi connectivity index (χ2n) is 4.98. The molecule has 14 heavy (non-hydrogen) atoms. The average Bonchev–Trinajstić information content (AvgIpc) is 2.01. The highest BCUT2D eigenvalue weighted by Gasteiger charge is 2.17. The van der Waals surface area contributed by atoms with Crippen LogP contribution in [0, 0.1) is 12.3 Å². The van der Waals surface area contributed by atoms with E-state index in [0.29, 0.717) is 6.42 Å². The van der Waals surface area contributed by atoms with Gasteiger partial charge in [0.25, 0.3) is 0 Å². The van der Waals surface area contributed by atoms with E-state index in [4.69, 9.17) is 0 Å². The van der Waals surface area contributed by atoms with Crippen LogP contribution in [0.2, 0.25) is 0 Å². The Morgan fingerprint density at radius 2 is 1.79 bits per heavy atom. The van der Waals surface area contributed by atoms with Gasteiger partial charge in [-0.15, -0.1) is 0 Å². The summed E-state index contributed by atoms with van der Waals surface area (Å²) in [5, 5.41) is 0. The molecule has 0 unspecified atom stereocenters. The summed E-state index contributed by atoms with van der Waals surface area (Å²) in [6.07, 6.45) is 0.609. The van der Waals surface area contributed by atoms with Crippen molar-refractivity contribution in [2.45, 2.75) is 34.1 Å². The number of hydrogen-bond acceptors (Lipinski definition) is 1. The Balaban J connectivity index is 2.86. The average molecular weight is 190 g/mol. The van der Waals surface area contributed by atoms with Crippen LogP contribution < -0.4 is 0 Å². The zero-order valence-corrected chi connectivity index (χ0v) is 9.42. The molecule has 1 nitrogen and oxygen atoms in total. The molecular weight excluding hydrogens is 172 g/mol. The van der Waals surface area contributed by atoms with E-state index in [1.54, 1.807) is 0 Å². The molecule has 0 aliphatic rings. The van der Waals surface area contributed by atoms with Crippen molar-refractivity contribution in [2.75, 3.05) is 0 Å². The summed E-state index contributed by atoms with van der Waals surface area (Å²) < 4.78 is 0. The second-order valence-corrected chi connectivity index (χ2v) is 4.98. The van der Waals surface area contributed by atoms with E-state index in [0.717, 1.165) is 11.1 Å². The van der Waals surface area contributed by atoms with Crippen LogP contribution in [0.1, 0.15) is 43.1 Å². The van der Waals surface area contributed by atoms with Gasteiger partial charge in [-0.05, 0) is 17.9 Å². The minimum Gasteiger partial charge on any atom is -0.294 e. The number of carbonyl (C=O) groups is 1. The molecule has 0 atom stereocenters. The summed E-state index contributed by atoms with van der Waals surface area (Å²) in [6.45, 7) is 8.24. The summed E-state index contributed by atoms with van der Waals surface area (Å²) in [6, 6.07) is 7.77. The monoisotopic (exact) mass is 190 g/mol. The Hall–Kier alpha value is -1.11. The van der Waals surface area contributed by atoms with Gasteiger partial charge < -0.3 is 0 Å². The molecule has 0 bridgehead atoms. The van der Waals surface area contributed by atoms with Gasteiger partial charge in [0.2, 0.25) is 0 Å². The third-order valence-electron chi connectivity index (χ3n) is 2.14. The molecule has 0 radical (unpaired) electrons. The molecule has 0 heterocycles. The van der Waals surface area contributed by atoms with Crippen LogP contribution in [-0.4, -0.2) is 5.78 Å². The van der Waals surface area contributed by atoms with Crippen molar-refractivity contribution < 1.29 is 4.79 Å². The van der Waals surface area contributed by atoms with Crippen molar-refractivity contribution in [3.63, 3.8) is 0 Å². The van der Waals surface area contributed by atoms with Gasteiger partial charge in [-0.3, -0.25) is 4.79 Å². The fraction of sp³-hybridized carbons (Fsp3) is 0.462. The number of aryl methyl sites for hydroxylation is 1. The largest absolute Gasteiger partial charge is 0.294 e. The highest BCUT2D eigenvalue weighted by atomic mass is 16.1. The van der Waals surface area contributed by atoms with Crippen LogP contribution >= 0.6 is 0 Å². The molecule has 1 heteroatoms. The zero-order valence-electron chi connectivity index (χ0n) is 9.42. The van der Waals surface area contributed by atoms with E-state index in [-0.39, 0.29) is 11.2 Å². The highest BCUT2D eigenvalue weighted by molar-refractivity contribution is 5.97. The summed E-state index contributed by atoms with van der Waals surface area (Å²) in [5.74, 6) is 0.246. The first kappa shape index (κ1) is 11.0. The SMILES string of the molecule is Cc1ccccc1C(=O)CC(C)(C)C. The Bertz CT molecular complexity index is 331. The van der Waals surface area contributed by atoms with E-state index in [1.165, 1.54) is 0 Å². The van der Waals surface area contributed by atoms with Gasteiger partial charge >= 0.3 is 0 Å². The van der Waals surface area contributed by atoms with Crippen molar-refractivity contribution in [1.29, 1.82) is 0 Å². The fourth-order valence-corrected chi connectivity index (χ4v) is 1.46. The smallest absolute Gasteiger partial charge is 0.163 e. The Labute approximate surface area is 86.1 Å². The molecule has 0 aromatic heterocycles. The Kier molecular flexibility index (Phi) is 3.10. The molecule has 0 saturated carbocycles. The normalized spacial score (nSPS) is 11.4. The second kappa shape index (κ2) is 3.95. The number of benzene rings is 1. The zero-order chi connectivity index (χ0) is 10.8. The lowest BCUT2D eigenvalue weighted by Gasteiger charge is -2.17. The van der Waals surface area contributed by atoms with E-state index >= 15 is 0 Å². The predicted octanol–water partition coefficient (Wildman–Crippen LogP) is 3.61. The molecule has 0 N–H and O–H groups in total. The molecule has 1 aromatic rings. The fourth-order valence-electron chi connectivity index (χ4n) is 1.46. The topological polar surface area (TPSA) is 17.1 Å². The summed E-state index contributed by atoms with van der Waals surface area (Å²) in [7, 11) is 0. The standard InChI is InChI=1S/C13H18O/c1-10-7-5-6-8-11(10)12(14)9-13(2,3)4/h5-8H,9H2,1-4H3. The van der Waals surface area contributed by atoms with Gasteiger partial charge in [-0.2, -0.15) is 0 Å². The first-order valence-corrected chi connectivity index (χ1v) is 4.99. The van der Waals surface area contributed by atoms with E-state index in [2.05, 4.69) is 20.8 Å². The van der Waals surface area contributed by atoms with Gasteiger partial charge in [-0.25, -0.2) is 0 Å². The molecular formula is C13H18O. The summed E-state index contributed by atoms with van der Waals surface area (Å²) in [4.78, 5) is 11.9. The minimum atomic E-state index is 0.0688. The lowest BCUT2D eigenvalue weighted by Crippen LogP contribution is -2.13. The maximum atomic E-state index is 11.9. The lowest BCUT2D eigenvalue weighted by molar-refractivity contribution is 0.0939. The molecule has 1 aromatic carbocycles. The van der Waals surface area contributed by atoms with Crippen LogP contribution in [0.15, 0.2) is 24.3 Å². The molecule has 0 saturated heterocycles. The minimum absolute atomic E-state index is 0.0688. The van der Waals surface area contributed by atoms with Gasteiger partial charge in [-0.1, -0.05) is 45.0 Å². The van der Waals surface area contributed by atoms with E-state index < -0.39 is 0 Å². The number of hydrogen-bond donors (Lipinski definition) is 0. The van der Waals surface area contributed by atoms with Crippen LogP contribution in [0.25, 0.3) is 0 Å². The van der Waals surface area contributed by atoms with Crippen LogP contribution in [0.4, 0.5) is 0 Å². The van der Waals surface area contributed by atoms with Gasteiger partial charge in [0.15, 0.2) is 5.78 Å².